The van der Waals surface area contributed by atoms with Crippen molar-refractivity contribution < 1.29 is 9.21 Å². The molecule has 3 heterocycles. The van der Waals surface area contributed by atoms with Crippen LogP contribution in [0.2, 0.25) is 0 Å². The molecule has 1 unspecified atom stereocenters. The van der Waals surface area contributed by atoms with Crippen LogP contribution in [0.3, 0.4) is 0 Å². The number of nitrogens with one attached hydrogen (secondary N) is 1. The Morgan fingerprint density at radius 1 is 1.19 bits per heavy atom. The molecule has 26 heavy (non-hydrogen) atoms. The number of carbonyl (C=O) groups excluding carboxylic acids is 1. The molecule has 1 aliphatic carbocycles. The van der Waals surface area contributed by atoms with E-state index in [4.69, 9.17) is 4.42 Å². The summed E-state index contributed by atoms with van der Waals surface area (Å²) in [5, 5.41) is 8.66. The normalized spacial score (nSPS) is 21.5. The minimum atomic E-state index is -0.00603. The third kappa shape index (κ3) is 3.40. The number of likely N-dealkylation sites (tertiary alicyclic amines) is 1. The summed E-state index contributed by atoms with van der Waals surface area (Å²) in [7, 11) is 3.53. The molecule has 0 bridgehead atoms. The van der Waals surface area contributed by atoms with Crippen molar-refractivity contribution in [3.63, 3.8) is 0 Å². The first-order chi connectivity index (χ1) is 12.6. The van der Waals surface area contributed by atoms with Crippen LogP contribution in [0, 0.1) is 0 Å². The molecule has 7 heteroatoms. The van der Waals surface area contributed by atoms with Crippen molar-refractivity contribution >= 4 is 5.91 Å². The van der Waals surface area contributed by atoms with E-state index < -0.39 is 0 Å². The van der Waals surface area contributed by atoms with E-state index in [1.807, 2.05) is 12.1 Å². The molecule has 1 atom stereocenters. The quantitative estimate of drug-likeness (QED) is 0.890. The molecule has 0 radical (unpaired) electrons. The van der Waals surface area contributed by atoms with Gasteiger partial charge in [-0.05, 0) is 44.4 Å². The van der Waals surface area contributed by atoms with Gasteiger partial charge in [0.2, 0.25) is 11.8 Å². The summed E-state index contributed by atoms with van der Waals surface area (Å²) in [5.41, 5.74) is 1.67. The zero-order valence-electron chi connectivity index (χ0n) is 15.6. The SMILES string of the molecule is CN(C)C(=O)c1ccc(CN2CCCCC2c2nnc(C3CCC3)o2)[nH]1. The Hall–Kier alpha value is -2.15. The van der Waals surface area contributed by atoms with E-state index in [1.54, 1.807) is 19.0 Å². The fourth-order valence-corrected chi connectivity index (χ4v) is 3.78. The summed E-state index contributed by atoms with van der Waals surface area (Å²) in [6.07, 6.45) is 6.99. The summed E-state index contributed by atoms with van der Waals surface area (Å²) < 4.78 is 6.04. The fraction of sp³-hybridized carbons (Fsp3) is 0.632. The Kier molecular flexibility index (Phi) is 4.80. The van der Waals surface area contributed by atoms with Gasteiger partial charge < -0.3 is 14.3 Å². The molecule has 2 fully saturated rings. The first kappa shape index (κ1) is 17.3. The highest BCUT2D eigenvalue weighted by atomic mass is 16.4. The maximum absolute atomic E-state index is 12.1. The maximum Gasteiger partial charge on any atom is 0.269 e. The summed E-state index contributed by atoms with van der Waals surface area (Å²) >= 11 is 0. The van der Waals surface area contributed by atoms with Crippen LogP contribution in [0.25, 0.3) is 0 Å². The molecular weight excluding hydrogens is 330 g/mol. The Morgan fingerprint density at radius 2 is 2.00 bits per heavy atom. The van der Waals surface area contributed by atoms with Gasteiger partial charge in [-0.15, -0.1) is 10.2 Å². The molecule has 0 spiro atoms. The second kappa shape index (κ2) is 7.23. The van der Waals surface area contributed by atoms with E-state index in [1.165, 1.54) is 32.1 Å². The first-order valence-electron chi connectivity index (χ1n) is 9.58. The van der Waals surface area contributed by atoms with Gasteiger partial charge in [0.15, 0.2) is 0 Å². The standard InChI is InChI=1S/C19H27N5O2/c1-23(2)19(25)15-10-9-14(20-15)12-24-11-4-3-8-16(24)18-22-21-17(26-18)13-6-5-7-13/h9-10,13,16,20H,3-8,11-12H2,1-2H3. The average Bonchev–Trinajstić information content (AvgIpc) is 3.23. The van der Waals surface area contributed by atoms with Crippen LogP contribution in [0.1, 0.15) is 78.4 Å². The molecule has 4 rings (SSSR count). The lowest BCUT2D eigenvalue weighted by molar-refractivity contribution is 0.0821. The highest BCUT2D eigenvalue weighted by molar-refractivity contribution is 5.92. The van der Waals surface area contributed by atoms with Gasteiger partial charge in [0, 0.05) is 32.3 Å². The fourth-order valence-electron chi connectivity index (χ4n) is 3.78. The van der Waals surface area contributed by atoms with Crippen LogP contribution >= 0.6 is 0 Å². The van der Waals surface area contributed by atoms with Crippen molar-refractivity contribution in [1.82, 2.24) is 25.0 Å². The molecule has 1 aliphatic heterocycles. The average molecular weight is 357 g/mol. The van der Waals surface area contributed by atoms with Crippen LogP contribution in [0.15, 0.2) is 16.5 Å². The Labute approximate surface area is 153 Å². The lowest BCUT2D eigenvalue weighted by Gasteiger charge is -2.33. The second-order valence-electron chi connectivity index (χ2n) is 7.69. The van der Waals surface area contributed by atoms with Crippen molar-refractivity contribution in [3.05, 3.63) is 35.3 Å². The van der Waals surface area contributed by atoms with Crippen LogP contribution in [0.4, 0.5) is 0 Å². The molecule has 2 aliphatic rings. The Balaban J connectivity index is 1.47. The smallest absolute Gasteiger partial charge is 0.269 e. The number of aromatic amines is 1. The van der Waals surface area contributed by atoms with E-state index in [0.717, 1.165) is 37.0 Å². The molecular formula is C19H27N5O2. The van der Waals surface area contributed by atoms with E-state index in [2.05, 4.69) is 20.1 Å². The summed E-state index contributed by atoms with van der Waals surface area (Å²) in [4.78, 5) is 19.3. The van der Waals surface area contributed by atoms with E-state index in [-0.39, 0.29) is 11.9 Å². The number of nitrogens with zero attached hydrogens (tertiary/aromatic N) is 4. The second-order valence-corrected chi connectivity index (χ2v) is 7.69. The zero-order valence-corrected chi connectivity index (χ0v) is 15.6. The number of piperidine rings is 1. The predicted molar refractivity (Wildman–Crippen MR) is 96.7 cm³/mol. The number of hydrogen-bond donors (Lipinski definition) is 1. The van der Waals surface area contributed by atoms with Crippen molar-refractivity contribution in [3.8, 4) is 0 Å². The lowest BCUT2D eigenvalue weighted by atomic mass is 9.85. The van der Waals surface area contributed by atoms with Crippen LogP contribution in [-0.4, -0.2) is 51.5 Å². The van der Waals surface area contributed by atoms with Gasteiger partial charge in [-0.25, -0.2) is 0 Å². The summed E-state index contributed by atoms with van der Waals surface area (Å²) in [6.45, 7) is 1.76. The number of aromatic nitrogens is 3. The van der Waals surface area contributed by atoms with Gasteiger partial charge in [0.05, 0.1) is 6.04 Å². The van der Waals surface area contributed by atoms with Crippen molar-refractivity contribution in [2.24, 2.45) is 0 Å². The molecule has 1 saturated carbocycles. The number of carbonyl (C=O) groups is 1. The van der Waals surface area contributed by atoms with Gasteiger partial charge in [-0.3, -0.25) is 9.69 Å². The number of H-pyrrole nitrogens is 1. The van der Waals surface area contributed by atoms with E-state index in [0.29, 0.717) is 11.6 Å². The van der Waals surface area contributed by atoms with Crippen LogP contribution < -0.4 is 0 Å². The largest absolute Gasteiger partial charge is 0.423 e. The molecule has 2 aromatic heterocycles. The van der Waals surface area contributed by atoms with Gasteiger partial charge >= 0.3 is 0 Å². The summed E-state index contributed by atoms with van der Waals surface area (Å²) in [5.74, 6) is 2.03. The van der Waals surface area contributed by atoms with Gasteiger partial charge in [0.25, 0.3) is 5.91 Å². The number of rotatable bonds is 5. The van der Waals surface area contributed by atoms with E-state index in [9.17, 15) is 4.79 Å². The van der Waals surface area contributed by atoms with Crippen molar-refractivity contribution in [1.29, 1.82) is 0 Å². The molecule has 140 valence electrons. The molecule has 7 nitrogen and oxygen atoms in total. The molecule has 1 saturated heterocycles. The Morgan fingerprint density at radius 3 is 2.73 bits per heavy atom. The third-order valence-electron chi connectivity index (χ3n) is 5.57. The first-order valence-corrected chi connectivity index (χ1v) is 9.58. The molecule has 1 amide bonds. The molecule has 2 aromatic rings. The van der Waals surface area contributed by atoms with E-state index >= 15 is 0 Å². The van der Waals surface area contributed by atoms with Crippen molar-refractivity contribution in [2.45, 2.75) is 57.0 Å². The lowest BCUT2D eigenvalue weighted by Crippen LogP contribution is -2.33. The Bertz CT molecular complexity index is 762. The van der Waals surface area contributed by atoms with Gasteiger partial charge in [0.1, 0.15) is 5.69 Å². The van der Waals surface area contributed by atoms with Gasteiger partial charge in [-0.2, -0.15) is 0 Å². The third-order valence-corrected chi connectivity index (χ3v) is 5.57. The number of hydrogen-bond acceptors (Lipinski definition) is 5. The van der Waals surface area contributed by atoms with Crippen LogP contribution in [0.5, 0.6) is 0 Å². The van der Waals surface area contributed by atoms with Crippen molar-refractivity contribution in [2.75, 3.05) is 20.6 Å². The predicted octanol–water partition coefficient (Wildman–Crippen LogP) is 3.09. The van der Waals surface area contributed by atoms with Crippen LogP contribution in [-0.2, 0) is 6.54 Å². The number of amides is 1. The van der Waals surface area contributed by atoms with Gasteiger partial charge in [-0.1, -0.05) is 12.8 Å². The minimum Gasteiger partial charge on any atom is -0.423 e. The minimum absolute atomic E-state index is 0.00603. The molecule has 0 aromatic carbocycles. The highest BCUT2D eigenvalue weighted by Gasteiger charge is 2.31. The monoisotopic (exact) mass is 357 g/mol. The summed E-state index contributed by atoms with van der Waals surface area (Å²) in [6, 6.07) is 4.02. The molecule has 1 N–H and O–H groups in total. The zero-order chi connectivity index (χ0) is 18.1. The maximum atomic E-state index is 12.1. The topological polar surface area (TPSA) is 78.3 Å². The highest BCUT2D eigenvalue weighted by Crippen LogP contribution is 2.37.